The molecule has 0 N–H and O–H groups in total. The zero-order valence-electron chi connectivity index (χ0n) is 26.9. The van der Waals surface area contributed by atoms with E-state index in [4.69, 9.17) is 0 Å². The number of benzene rings is 4. The summed E-state index contributed by atoms with van der Waals surface area (Å²) in [6.07, 6.45) is 7.71. The molecule has 0 saturated heterocycles. The largest absolute Gasteiger partial charge is 0.268 e. The second-order valence-corrected chi connectivity index (χ2v) is 16.9. The van der Waals surface area contributed by atoms with Crippen LogP contribution in [0.25, 0.3) is 21.8 Å². The molecule has 0 bridgehead atoms. The van der Waals surface area contributed by atoms with Crippen LogP contribution in [-0.2, 0) is 33.0 Å². The van der Waals surface area contributed by atoms with Gasteiger partial charge in [0.1, 0.15) is 0 Å². The molecule has 7 rings (SSSR count). The van der Waals surface area contributed by atoms with Crippen LogP contribution in [0.1, 0.15) is 85.7 Å². The number of fused-ring (bicyclic) bond motifs is 4. The van der Waals surface area contributed by atoms with E-state index in [1.807, 2.05) is 62.4 Å². The third-order valence-electron chi connectivity index (χ3n) is 10.1. The maximum atomic E-state index is 14.6. The summed E-state index contributed by atoms with van der Waals surface area (Å²) in [5.74, 6) is 0.166. The Morgan fingerprint density at radius 1 is 0.739 bits per heavy atom. The summed E-state index contributed by atoms with van der Waals surface area (Å²) in [6, 6.07) is 23.7. The molecule has 240 valence electrons. The van der Waals surface area contributed by atoms with Crippen LogP contribution < -0.4 is 0 Å². The van der Waals surface area contributed by atoms with E-state index in [2.05, 4.69) is 13.0 Å². The van der Waals surface area contributed by atoms with Gasteiger partial charge in [-0.2, -0.15) is 4.31 Å². The van der Waals surface area contributed by atoms with E-state index in [1.54, 1.807) is 32.5 Å². The standard InChI is InChI=1S/C38H42N2O4S2/c1-4-5-13-33-36-29(25-39(37(36)28-11-7-6-8-12-28)45(41,42)30-20-16-26(2)17-21-30)24-34-32-14-9-10-15-35(32)40(38(33)34)46(43,44)31-22-18-27(3)19-23-31/h9-10,14-24,28,37H,4-8,11-13,25H2,1-3H3/t37-/m1/s1. The third-order valence-corrected chi connectivity index (χ3v) is 13.7. The summed E-state index contributed by atoms with van der Waals surface area (Å²) in [5, 5.41) is 1.73. The lowest BCUT2D eigenvalue weighted by atomic mass is 9.79. The number of unbranched alkanes of at least 4 members (excludes halogenated alkanes) is 1. The van der Waals surface area contributed by atoms with E-state index in [0.717, 1.165) is 83.5 Å². The molecule has 6 nitrogen and oxygen atoms in total. The number of hydrogen-bond donors (Lipinski definition) is 0. The van der Waals surface area contributed by atoms with Gasteiger partial charge in [-0.3, -0.25) is 0 Å². The van der Waals surface area contributed by atoms with Crippen LogP contribution in [0.2, 0.25) is 0 Å². The minimum absolute atomic E-state index is 0.166. The number of nitrogens with zero attached hydrogens (tertiary/aromatic N) is 2. The van der Waals surface area contributed by atoms with Crippen molar-refractivity contribution in [3.8, 4) is 0 Å². The van der Waals surface area contributed by atoms with Crippen molar-refractivity contribution in [2.24, 2.45) is 5.92 Å². The molecule has 1 aliphatic carbocycles. The Bertz CT molecular complexity index is 2140. The van der Waals surface area contributed by atoms with Gasteiger partial charge in [0.25, 0.3) is 10.0 Å². The number of sulfonamides is 1. The Balaban J connectivity index is 1.54. The first-order valence-electron chi connectivity index (χ1n) is 16.6. The van der Waals surface area contributed by atoms with Crippen molar-refractivity contribution >= 4 is 41.9 Å². The van der Waals surface area contributed by atoms with Crippen LogP contribution in [0.4, 0.5) is 0 Å². The van der Waals surface area contributed by atoms with Gasteiger partial charge in [-0.05, 0) is 98.5 Å². The molecule has 0 unspecified atom stereocenters. The average molecular weight is 655 g/mol. The molecule has 0 amide bonds. The zero-order valence-corrected chi connectivity index (χ0v) is 28.5. The monoisotopic (exact) mass is 654 g/mol. The van der Waals surface area contributed by atoms with Gasteiger partial charge in [0.05, 0.1) is 26.9 Å². The van der Waals surface area contributed by atoms with E-state index in [-0.39, 0.29) is 23.4 Å². The fourth-order valence-electron chi connectivity index (χ4n) is 7.82. The summed E-state index contributed by atoms with van der Waals surface area (Å²) >= 11 is 0. The van der Waals surface area contributed by atoms with Crippen molar-refractivity contribution < 1.29 is 16.8 Å². The van der Waals surface area contributed by atoms with Gasteiger partial charge in [0, 0.05) is 17.3 Å². The SMILES string of the molecule is CCCCc1c2c(cc3c4ccccc4n(S(=O)(=O)c4ccc(C)cc4)c13)CN(S(=O)(=O)c1ccc(C)cc1)[C@@H]2C1CCCCC1. The second-order valence-electron chi connectivity index (χ2n) is 13.2. The van der Waals surface area contributed by atoms with Gasteiger partial charge in [0.2, 0.25) is 10.0 Å². The molecule has 1 saturated carbocycles. The van der Waals surface area contributed by atoms with E-state index in [0.29, 0.717) is 22.3 Å². The Hall–Kier alpha value is -3.46. The lowest BCUT2D eigenvalue weighted by Crippen LogP contribution is -2.35. The van der Waals surface area contributed by atoms with Crippen molar-refractivity contribution in [3.05, 3.63) is 107 Å². The van der Waals surface area contributed by atoms with E-state index in [1.165, 1.54) is 0 Å². The smallest absolute Gasteiger partial charge is 0.233 e. The summed E-state index contributed by atoms with van der Waals surface area (Å²) in [4.78, 5) is 0.554. The highest BCUT2D eigenvalue weighted by Gasteiger charge is 2.45. The number of rotatable bonds is 8. The van der Waals surface area contributed by atoms with Gasteiger partial charge in [-0.25, -0.2) is 20.8 Å². The van der Waals surface area contributed by atoms with Gasteiger partial charge in [-0.1, -0.05) is 86.2 Å². The maximum Gasteiger partial charge on any atom is 0.268 e. The molecule has 1 atom stereocenters. The highest BCUT2D eigenvalue weighted by molar-refractivity contribution is 7.90. The number of aryl methyl sites for hydroxylation is 3. The van der Waals surface area contributed by atoms with Crippen molar-refractivity contribution in [2.45, 2.75) is 94.5 Å². The maximum absolute atomic E-state index is 14.6. The lowest BCUT2D eigenvalue weighted by molar-refractivity contribution is 0.207. The first-order chi connectivity index (χ1) is 22.1. The van der Waals surface area contributed by atoms with Crippen LogP contribution in [0, 0.1) is 19.8 Å². The lowest BCUT2D eigenvalue weighted by Gasteiger charge is -2.35. The normalized spacial score (nSPS) is 18.0. The fraction of sp³-hybridized carbons (Fsp3) is 0.368. The minimum atomic E-state index is -3.98. The second kappa shape index (κ2) is 12.0. The van der Waals surface area contributed by atoms with Crippen LogP contribution in [0.5, 0.6) is 0 Å². The van der Waals surface area contributed by atoms with Crippen molar-refractivity contribution in [2.75, 3.05) is 0 Å². The Kier molecular flexibility index (Phi) is 8.10. The molecule has 1 aliphatic heterocycles. The number of para-hydroxylation sites is 1. The molecule has 5 aromatic rings. The van der Waals surface area contributed by atoms with Gasteiger partial charge >= 0.3 is 0 Å². The van der Waals surface area contributed by atoms with E-state index >= 15 is 0 Å². The summed E-state index contributed by atoms with van der Waals surface area (Å²) in [7, 11) is -7.80. The molecular formula is C38H42N2O4S2. The molecule has 1 aromatic heterocycles. The topological polar surface area (TPSA) is 76.5 Å². The van der Waals surface area contributed by atoms with Crippen LogP contribution in [0.3, 0.4) is 0 Å². The first kappa shape index (κ1) is 31.2. The Morgan fingerprint density at radius 2 is 1.35 bits per heavy atom. The molecule has 0 spiro atoms. The Labute approximate surface area is 273 Å². The molecule has 2 heterocycles. The molecule has 1 fully saturated rings. The van der Waals surface area contributed by atoms with E-state index in [9.17, 15) is 16.8 Å². The summed E-state index contributed by atoms with van der Waals surface area (Å²) in [5.41, 5.74) is 6.37. The highest BCUT2D eigenvalue weighted by Crippen LogP contribution is 2.51. The molecule has 4 aromatic carbocycles. The third kappa shape index (κ3) is 5.09. The first-order valence-corrected chi connectivity index (χ1v) is 19.5. The van der Waals surface area contributed by atoms with Crippen molar-refractivity contribution in [1.82, 2.24) is 8.28 Å². The van der Waals surface area contributed by atoms with Crippen molar-refractivity contribution in [3.63, 3.8) is 0 Å². The van der Waals surface area contributed by atoms with Gasteiger partial charge in [0.15, 0.2) is 0 Å². The summed E-state index contributed by atoms with van der Waals surface area (Å²) in [6.45, 7) is 6.34. The van der Waals surface area contributed by atoms with Crippen LogP contribution in [0.15, 0.2) is 88.7 Å². The predicted molar refractivity (Wildman–Crippen MR) is 185 cm³/mol. The summed E-state index contributed by atoms with van der Waals surface area (Å²) < 4.78 is 61.6. The molecule has 2 aliphatic rings. The van der Waals surface area contributed by atoms with Crippen LogP contribution >= 0.6 is 0 Å². The van der Waals surface area contributed by atoms with E-state index < -0.39 is 20.0 Å². The zero-order chi connectivity index (χ0) is 32.2. The van der Waals surface area contributed by atoms with Crippen molar-refractivity contribution in [1.29, 1.82) is 0 Å². The van der Waals surface area contributed by atoms with Gasteiger partial charge in [-0.15, -0.1) is 0 Å². The minimum Gasteiger partial charge on any atom is -0.233 e. The Morgan fingerprint density at radius 3 is 1.98 bits per heavy atom. The van der Waals surface area contributed by atoms with Crippen LogP contribution in [-0.4, -0.2) is 25.1 Å². The molecular weight excluding hydrogens is 613 g/mol. The average Bonchev–Trinajstić information content (AvgIpc) is 3.61. The fourth-order valence-corrected chi connectivity index (χ4v) is 11.0. The predicted octanol–water partition coefficient (Wildman–Crippen LogP) is 8.82. The number of hydrogen-bond acceptors (Lipinski definition) is 4. The molecule has 0 radical (unpaired) electrons. The highest BCUT2D eigenvalue weighted by atomic mass is 32.2. The molecule has 46 heavy (non-hydrogen) atoms. The number of aromatic nitrogens is 1. The molecule has 8 heteroatoms. The van der Waals surface area contributed by atoms with Gasteiger partial charge < -0.3 is 0 Å². The quantitative estimate of drug-likeness (QED) is 0.168.